The maximum atomic E-state index is 12.2. The highest BCUT2D eigenvalue weighted by molar-refractivity contribution is 6.11. The van der Waals surface area contributed by atoms with Gasteiger partial charge in [-0.1, -0.05) is 12.1 Å². The monoisotopic (exact) mass is 275 g/mol. The van der Waals surface area contributed by atoms with Crippen LogP contribution in [0.4, 0.5) is 5.69 Å². The summed E-state index contributed by atoms with van der Waals surface area (Å²) in [6, 6.07) is 4.39. The van der Waals surface area contributed by atoms with Crippen LogP contribution in [0.2, 0.25) is 0 Å². The van der Waals surface area contributed by atoms with Crippen LogP contribution in [-0.2, 0) is 9.59 Å². The highest BCUT2D eigenvalue weighted by Crippen LogP contribution is 2.22. The summed E-state index contributed by atoms with van der Waals surface area (Å²) in [5, 5.41) is 5.31. The van der Waals surface area contributed by atoms with Gasteiger partial charge >= 0.3 is 0 Å². The van der Waals surface area contributed by atoms with Crippen LogP contribution < -0.4 is 10.6 Å². The topological polar surface area (TPSA) is 78.5 Å². The van der Waals surface area contributed by atoms with E-state index in [2.05, 4.69) is 10.6 Å². The maximum absolute atomic E-state index is 12.2. The summed E-state index contributed by atoms with van der Waals surface area (Å²) >= 11 is 0. The zero-order valence-corrected chi connectivity index (χ0v) is 11.7. The third-order valence-corrected chi connectivity index (χ3v) is 3.26. The van der Waals surface area contributed by atoms with Gasteiger partial charge in [0, 0.05) is 14.1 Å². The van der Waals surface area contributed by atoms with Gasteiger partial charge < -0.3 is 15.5 Å². The largest absolute Gasteiger partial charge is 0.349 e. The number of hydrogen-bond donors (Lipinski definition) is 2. The van der Waals surface area contributed by atoms with Gasteiger partial charge in [0.15, 0.2) is 0 Å². The van der Waals surface area contributed by atoms with Crippen molar-refractivity contribution in [2.24, 2.45) is 0 Å². The molecule has 1 aliphatic heterocycles. The minimum absolute atomic E-state index is 0.0579. The number of rotatable bonds is 2. The van der Waals surface area contributed by atoms with Crippen molar-refractivity contribution in [1.82, 2.24) is 10.2 Å². The molecule has 0 aliphatic carbocycles. The Balaban J connectivity index is 2.28. The maximum Gasteiger partial charge on any atom is 0.254 e. The van der Waals surface area contributed by atoms with Crippen LogP contribution in [0.5, 0.6) is 0 Å². The minimum atomic E-state index is -0.857. The minimum Gasteiger partial charge on any atom is -0.349 e. The number of carbonyl (C=O) groups excluding carboxylic acids is 3. The molecule has 6 heteroatoms. The van der Waals surface area contributed by atoms with Crippen molar-refractivity contribution in [3.63, 3.8) is 0 Å². The van der Waals surface area contributed by atoms with Gasteiger partial charge in [-0.2, -0.15) is 0 Å². The van der Waals surface area contributed by atoms with Gasteiger partial charge in [0.25, 0.3) is 5.91 Å². The van der Waals surface area contributed by atoms with Gasteiger partial charge in [-0.05, 0) is 18.6 Å². The van der Waals surface area contributed by atoms with Gasteiger partial charge in [-0.15, -0.1) is 0 Å². The summed E-state index contributed by atoms with van der Waals surface area (Å²) < 4.78 is 0. The lowest BCUT2D eigenvalue weighted by atomic mass is 10.1. The number of hydrogen-bond acceptors (Lipinski definition) is 3. The van der Waals surface area contributed by atoms with Gasteiger partial charge in [-0.25, -0.2) is 0 Å². The number of carbonyl (C=O) groups is 3. The third kappa shape index (κ3) is 2.64. The van der Waals surface area contributed by atoms with Crippen LogP contribution >= 0.6 is 0 Å². The molecule has 0 radical (unpaired) electrons. The molecule has 2 N–H and O–H groups in total. The number of nitrogens with one attached hydrogen (secondary N) is 2. The van der Waals surface area contributed by atoms with Crippen molar-refractivity contribution in [2.75, 3.05) is 19.4 Å². The van der Waals surface area contributed by atoms with Crippen LogP contribution in [-0.4, -0.2) is 42.8 Å². The Morgan fingerprint density at radius 2 is 2.00 bits per heavy atom. The molecule has 0 saturated carbocycles. The van der Waals surface area contributed by atoms with Gasteiger partial charge in [0.05, 0.1) is 17.7 Å². The van der Waals surface area contributed by atoms with Crippen molar-refractivity contribution in [3.05, 3.63) is 29.3 Å². The highest BCUT2D eigenvalue weighted by Gasteiger charge is 2.30. The van der Waals surface area contributed by atoms with E-state index in [9.17, 15) is 14.4 Å². The molecule has 1 aliphatic rings. The average Bonchev–Trinajstić information content (AvgIpc) is 2.48. The van der Waals surface area contributed by atoms with Crippen LogP contribution in [0.15, 0.2) is 18.2 Å². The first-order valence-corrected chi connectivity index (χ1v) is 6.31. The number of nitrogens with zero attached hydrogens (tertiary/aromatic N) is 1. The quantitative estimate of drug-likeness (QED) is 0.826. The van der Waals surface area contributed by atoms with Crippen molar-refractivity contribution in [3.8, 4) is 0 Å². The molecule has 1 aromatic rings. The molecule has 0 bridgehead atoms. The van der Waals surface area contributed by atoms with E-state index in [1.54, 1.807) is 39.2 Å². The standard InChI is InChI=1S/C14H17N3O3/c1-8-5-4-6-9-12(8)14(20)16-10(13(19)15-9)7-11(18)17(2)3/h4-6,10H,7H2,1-3H3,(H,15,19)(H,16,20)/t10-/m0/s1. The number of fused-ring (bicyclic) bond motifs is 1. The Morgan fingerprint density at radius 1 is 1.30 bits per heavy atom. The van der Waals surface area contributed by atoms with E-state index >= 15 is 0 Å². The summed E-state index contributed by atoms with van der Waals surface area (Å²) in [7, 11) is 3.22. The molecule has 0 unspecified atom stereocenters. The third-order valence-electron chi connectivity index (χ3n) is 3.26. The fourth-order valence-electron chi connectivity index (χ4n) is 2.09. The van der Waals surface area contributed by atoms with E-state index in [1.165, 1.54) is 4.90 Å². The van der Waals surface area contributed by atoms with Crippen molar-refractivity contribution in [2.45, 2.75) is 19.4 Å². The zero-order chi connectivity index (χ0) is 14.9. The molecule has 3 amide bonds. The molecule has 1 heterocycles. The molecule has 0 fully saturated rings. The molecule has 0 saturated heterocycles. The van der Waals surface area contributed by atoms with E-state index in [1.807, 2.05) is 0 Å². The Kier molecular flexibility index (Phi) is 3.74. The van der Waals surface area contributed by atoms with Gasteiger partial charge in [0.2, 0.25) is 11.8 Å². The van der Waals surface area contributed by atoms with Crippen LogP contribution in [0.3, 0.4) is 0 Å². The summed E-state index contributed by atoms with van der Waals surface area (Å²) in [6.07, 6.45) is -0.0579. The summed E-state index contributed by atoms with van der Waals surface area (Å²) in [5.41, 5.74) is 1.70. The molecule has 106 valence electrons. The second kappa shape index (κ2) is 5.32. The predicted octanol–water partition coefficient (Wildman–Crippen LogP) is 0.524. The molecule has 20 heavy (non-hydrogen) atoms. The SMILES string of the molecule is Cc1cccc2c1C(=O)N[C@@H](CC(=O)N(C)C)C(=O)N2. The smallest absolute Gasteiger partial charge is 0.254 e. The highest BCUT2D eigenvalue weighted by atomic mass is 16.2. The molecule has 1 atom stereocenters. The molecular formula is C14H17N3O3. The summed E-state index contributed by atoms with van der Waals surface area (Å²) in [6.45, 7) is 1.80. The Labute approximate surface area is 117 Å². The lowest BCUT2D eigenvalue weighted by molar-refractivity contribution is -0.131. The van der Waals surface area contributed by atoms with Crippen molar-refractivity contribution < 1.29 is 14.4 Å². The Morgan fingerprint density at radius 3 is 2.65 bits per heavy atom. The summed E-state index contributed by atoms with van der Waals surface area (Å²) in [4.78, 5) is 37.4. The van der Waals surface area contributed by atoms with Gasteiger partial charge in [0.1, 0.15) is 6.04 Å². The number of anilines is 1. The van der Waals surface area contributed by atoms with E-state index in [-0.39, 0.29) is 24.1 Å². The first-order chi connectivity index (χ1) is 9.40. The second-order valence-electron chi connectivity index (χ2n) is 5.01. The molecule has 0 aromatic heterocycles. The van der Waals surface area contributed by atoms with E-state index < -0.39 is 6.04 Å². The summed E-state index contributed by atoms with van der Waals surface area (Å²) in [5.74, 6) is -0.931. The normalized spacial score (nSPS) is 17.6. The van der Waals surface area contributed by atoms with Gasteiger partial charge in [-0.3, -0.25) is 14.4 Å². The average molecular weight is 275 g/mol. The number of aryl methyl sites for hydroxylation is 1. The molecule has 1 aromatic carbocycles. The lowest BCUT2D eigenvalue weighted by Gasteiger charge is -2.17. The van der Waals surface area contributed by atoms with Crippen molar-refractivity contribution in [1.29, 1.82) is 0 Å². The number of benzene rings is 1. The van der Waals surface area contributed by atoms with Crippen LogP contribution in [0, 0.1) is 6.92 Å². The molecule has 6 nitrogen and oxygen atoms in total. The van der Waals surface area contributed by atoms with Crippen LogP contribution in [0.25, 0.3) is 0 Å². The molecular weight excluding hydrogens is 258 g/mol. The first kappa shape index (κ1) is 14.0. The van der Waals surface area contributed by atoms with E-state index in [4.69, 9.17) is 0 Å². The van der Waals surface area contributed by atoms with E-state index in [0.717, 1.165) is 5.56 Å². The predicted molar refractivity (Wildman–Crippen MR) is 74.4 cm³/mol. The number of amides is 3. The van der Waals surface area contributed by atoms with E-state index in [0.29, 0.717) is 11.3 Å². The Hall–Kier alpha value is -2.37. The molecule has 0 spiro atoms. The molecule has 2 rings (SSSR count). The fraction of sp³-hybridized carbons (Fsp3) is 0.357. The fourth-order valence-corrected chi connectivity index (χ4v) is 2.09. The first-order valence-electron chi connectivity index (χ1n) is 6.31. The van der Waals surface area contributed by atoms with Crippen molar-refractivity contribution >= 4 is 23.4 Å². The van der Waals surface area contributed by atoms with Crippen LogP contribution in [0.1, 0.15) is 22.3 Å². The lowest BCUT2D eigenvalue weighted by Crippen LogP contribution is -2.44. The zero-order valence-electron chi connectivity index (χ0n) is 11.7. The Bertz CT molecular complexity index is 581. The second-order valence-corrected chi connectivity index (χ2v) is 5.01.